The summed E-state index contributed by atoms with van der Waals surface area (Å²) < 4.78 is 5.48. The van der Waals surface area contributed by atoms with E-state index in [0.717, 1.165) is 56.1 Å². The number of anilines is 1. The number of nitrogens with zero attached hydrogens (tertiary/aromatic N) is 5. The summed E-state index contributed by atoms with van der Waals surface area (Å²) in [5.74, 6) is 0.937. The zero-order chi connectivity index (χ0) is 17.9. The molecular formula is C19H22ClN5O. The number of fused-ring (bicyclic) bond motifs is 1. The molecule has 136 valence electrons. The van der Waals surface area contributed by atoms with E-state index < -0.39 is 0 Å². The van der Waals surface area contributed by atoms with Crippen LogP contribution >= 0.6 is 11.6 Å². The first-order valence-corrected chi connectivity index (χ1v) is 9.21. The third kappa shape index (κ3) is 3.61. The summed E-state index contributed by atoms with van der Waals surface area (Å²) in [5.41, 5.74) is 2.90. The van der Waals surface area contributed by atoms with Crippen LogP contribution < -0.4 is 9.64 Å². The molecule has 7 heteroatoms. The number of ether oxygens (including phenoxy) is 1. The SMILES string of the molecule is COc1ccccc1N1CCN(CCn2nc3ccc(Cl)cc3n2)CC1. The number of hydrogen-bond donors (Lipinski definition) is 0. The molecule has 1 saturated heterocycles. The summed E-state index contributed by atoms with van der Waals surface area (Å²) in [6.07, 6.45) is 0. The first-order valence-electron chi connectivity index (χ1n) is 8.83. The smallest absolute Gasteiger partial charge is 0.142 e. The maximum absolute atomic E-state index is 6.01. The molecule has 0 aliphatic carbocycles. The Morgan fingerprint density at radius 1 is 0.962 bits per heavy atom. The predicted molar refractivity (Wildman–Crippen MR) is 104 cm³/mol. The fourth-order valence-corrected chi connectivity index (χ4v) is 3.53. The van der Waals surface area contributed by atoms with Crippen molar-refractivity contribution in [3.8, 4) is 5.75 Å². The minimum absolute atomic E-state index is 0.692. The van der Waals surface area contributed by atoms with E-state index in [9.17, 15) is 0 Å². The van der Waals surface area contributed by atoms with Crippen LogP contribution in [0.2, 0.25) is 5.02 Å². The Labute approximate surface area is 157 Å². The highest BCUT2D eigenvalue weighted by atomic mass is 35.5. The van der Waals surface area contributed by atoms with Crippen molar-refractivity contribution in [2.75, 3.05) is 44.7 Å². The summed E-state index contributed by atoms with van der Waals surface area (Å²) in [6.45, 7) is 5.74. The fourth-order valence-electron chi connectivity index (χ4n) is 3.37. The number of benzene rings is 2. The van der Waals surface area contributed by atoms with Crippen LogP contribution in [0.1, 0.15) is 0 Å². The maximum Gasteiger partial charge on any atom is 0.142 e. The van der Waals surface area contributed by atoms with Gasteiger partial charge in [0, 0.05) is 37.7 Å². The van der Waals surface area contributed by atoms with Crippen molar-refractivity contribution >= 4 is 28.3 Å². The zero-order valence-electron chi connectivity index (χ0n) is 14.8. The van der Waals surface area contributed by atoms with E-state index in [2.05, 4.69) is 32.1 Å². The zero-order valence-corrected chi connectivity index (χ0v) is 15.6. The van der Waals surface area contributed by atoms with Crippen LogP contribution in [-0.2, 0) is 6.54 Å². The van der Waals surface area contributed by atoms with Crippen molar-refractivity contribution < 1.29 is 4.74 Å². The highest BCUT2D eigenvalue weighted by Crippen LogP contribution is 2.28. The number of para-hydroxylation sites is 2. The van der Waals surface area contributed by atoms with Crippen LogP contribution in [0, 0.1) is 0 Å². The lowest BCUT2D eigenvalue weighted by Crippen LogP contribution is -2.47. The molecule has 0 amide bonds. The van der Waals surface area contributed by atoms with Gasteiger partial charge in [-0.25, -0.2) is 0 Å². The minimum Gasteiger partial charge on any atom is -0.495 e. The number of rotatable bonds is 5. The van der Waals surface area contributed by atoms with E-state index in [1.807, 2.05) is 30.3 Å². The standard InChI is InChI=1S/C19H22ClN5O/c1-26-19-5-3-2-4-18(19)24-11-8-23(9-12-24)10-13-25-21-16-7-6-15(20)14-17(16)22-25/h2-7,14H,8-13H2,1H3. The number of halogens is 1. The molecule has 6 nitrogen and oxygen atoms in total. The van der Waals surface area contributed by atoms with E-state index in [0.29, 0.717) is 5.02 Å². The second kappa shape index (κ2) is 7.51. The molecule has 3 aromatic rings. The number of aromatic nitrogens is 3. The molecule has 4 rings (SSSR count). The van der Waals surface area contributed by atoms with Gasteiger partial charge < -0.3 is 9.64 Å². The molecule has 1 fully saturated rings. The van der Waals surface area contributed by atoms with E-state index in [1.165, 1.54) is 5.69 Å². The summed E-state index contributed by atoms with van der Waals surface area (Å²) >= 11 is 6.01. The van der Waals surface area contributed by atoms with E-state index in [4.69, 9.17) is 16.3 Å². The molecule has 2 aromatic carbocycles. The molecule has 0 atom stereocenters. The monoisotopic (exact) mass is 371 g/mol. The third-order valence-corrected chi connectivity index (χ3v) is 5.03. The first-order chi connectivity index (χ1) is 12.7. The van der Waals surface area contributed by atoms with Gasteiger partial charge in [0.2, 0.25) is 0 Å². The average molecular weight is 372 g/mol. The van der Waals surface area contributed by atoms with Crippen molar-refractivity contribution in [3.63, 3.8) is 0 Å². The van der Waals surface area contributed by atoms with Crippen molar-refractivity contribution in [1.82, 2.24) is 19.9 Å². The molecule has 0 radical (unpaired) electrons. The average Bonchev–Trinajstić information content (AvgIpc) is 3.09. The topological polar surface area (TPSA) is 46.4 Å². The quantitative estimate of drug-likeness (QED) is 0.690. The summed E-state index contributed by atoms with van der Waals surface area (Å²) in [5, 5.41) is 9.72. The minimum atomic E-state index is 0.692. The third-order valence-electron chi connectivity index (χ3n) is 4.80. The maximum atomic E-state index is 6.01. The normalized spacial score (nSPS) is 15.5. The van der Waals surface area contributed by atoms with Crippen LogP contribution in [0.3, 0.4) is 0 Å². The summed E-state index contributed by atoms with van der Waals surface area (Å²) in [7, 11) is 1.73. The predicted octanol–water partition coefficient (Wildman–Crippen LogP) is 2.92. The van der Waals surface area contributed by atoms with Gasteiger partial charge in [0.1, 0.15) is 16.8 Å². The molecule has 1 aromatic heterocycles. The molecule has 0 unspecified atom stereocenters. The van der Waals surface area contributed by atoms with E-state index >= 15 is 0 Å². The van der Waals surface area contributed by atoms with Crippen LogP contribution in [-0.4, -0.2) is 59.7 Å². The summed E-state index contributed by atoms with van der Waals surface area (Å²) in [6, 6.07) is 13.8. The van der Waals surface area contributed by atoms with Gasteiger partial charge in [0.25, 0.3) is 0 Å². The number of methoxy groups -OCH3 is 1. The van der Waals surface area contributed by atoms with Crippen molar-refractivity contribution in [1.29, 1.82) is 0 Å². The molecule has 26 heavy (non-hydrogen) atoms. The van der Waals surface area contributed by atoms with Gasteiger partial charge >= 0.3 is 0 Å². The lowest BCUT2D eigenvalue weighted by atomic mass is 10.2. The lowest BCUT2D eigenvalue weighted by molar-refractivity contribution is 0.239. The lowest BCUT2D eigenvalue weighted by Gasteiger charge is -2.36. The Balaban J connectivity index is 1.33. The van der Waals surface area contributed by atoms with Gasteiger partial charge in [-0.3, -0.25) is 4.90 Å². The molecule has 0 spiro atoms. The molecule has 1 aliphatic heterocycles. The number of piperazine rings is 1. The van der Waals surface area contributed by atoms with E-state index in [1.54, 1.807) is 11.9 Å². The van der Waals surface area contributed by atoms with Crippen LogP contribution in [0.15, 0.2) is 42.5 Å². The van der Waals surface area contributed by atoms with Crippen LogP contribution in [0.5, 0.6) is 5.75 Å². The molecule has 0 saturated carbocycles. The van der Waals surface area contributed by atoms with Crippen LogP contribution in [0.4, 0.5) is 5.69 Å². The van der Waals surface area contributed by atoms with Gasteiger partial charge in [-0.15, -0.1) is 0 Å². The fraction of sp³-hybridized carbons (Fsp3) is 0.368. The largest absolute Gasteiger partial charge is 0.495 e. The second-order valence-corrected chi connectivity index (χ2v) is 6.87. The van der Waals surface area contributed by atoms with Gasteiger partial charge in [-0.1, -0.05) is 23.7 Å². The van der Waals surface area contributed by atoms with Crippen molar-refractivity contribution in [2.45, 2.75) is 6.54 Å². The van der Waals surface area contributed by atoms with Gasteiger partial charge in [0.15, 0.2) is 0 Å². The van der Waals surface area contributed by atoms with Gasteiger partial charge in [-0.05, 0) is 30.3 Å². The molecular weight excluding hydrogens is 350 g/mol. The Kier molecular flexibility index (Phi) is 4.95. The first kappa shape index (κ1) is 17.1. The molecule has 1 aliphatic rings. The Morgan fingerprint density at radius 3 is 2.54 bits per heavy atom. The van der Waals surface area contributed by atoms with Gasteiger partial charge in [-0.2, -0.15) is 15.0 Å². The Hall–Kier alpha value is -2.31. The second-order valence-electron chi connectivity index (χ2n) is 6.43. The van der Waals surface area contributed by atoms with Crippen molar-refractivity contribution in [3.05, 3.63) is 47.5 Å². The Bertz CT molecular complexity index is 889. The van der Waals surface area contributed by atoms with E-state index in [-0.39, 0.29) is 0 Å². The van der Waals surface area contributed by atoms with Crippen LogP contribution in [0.25, 0.3) is 11.0 Å². The summed E-state index contributed by atoms with van der Waals surface area (Å²) in [4.78, 5) is 6.61. The van der Waals surface area contributed by atoms with Crippen molar-refractivity contribution in [2.24, 2.45) is 0 Å². The highest BCUT2D eigenvalue weighted by molar-refractivity contribution is 6.31. The van der Waals surface area contributed by atoms with Gasteiger partial charge in [0.05, 0.1) is 19.3 Å². The highest BCUT2D eigenvalue weighted by Gasteiger charge is 2.19. The molecule has 0 bridgehead atoms. The molecule has 2 heterocycles. The Morgan fingerprint density at radius 2 is 1.73 bits per heavy atom. The molecule has 0 N–H and O–H groups in total. The number of hydrogen-bond acceptors (Lipinski definition) is 5.